The van der Waals surface area contributed by atoms with Crippen LogP contribution in [0.15, 0.2) is 35.1 Å². The van der Waals surface area contributed by atoms with Crippen molar-refractivity contribution in [1.29, 1.82) is 0 Å². The number of nitrogens with zero attached hydrogens (tertiary/aromatic N) is 2. The molecule has 0 saturated carbocycles. The highest BCUT2D eigenvalue weighted by Gasteiger charge is 2.04. The van der Waals surface area contributed by atoms with Gasteiger partial charge in [-0.15, -0.1) is 0 Å². The maximum atomic E-state index is 13.2. The second-order valence-electron chi connectivity index (χ2n) is 3.06. The lowest BCUT2D eigenvalue weighted by Crippen LogP contribution is -2.08. The van der Waals surface area contributed by atoms with E-state index in [2.05, 4.69) is 31.3 Å². The van der Waals surface area contributed by atoms with Gasteiger partial charge in [0, 0.05) is 12.1 Å². The molecule has 1 aromatic heterocycles. The minimum Gasteiger partial charge on any atom is -0.439 e. The molecule has 0 bridgehead atoms. The molecule has 7 heteroatoms. The molecule has 0 radical (unpaired) electrons. The van der Waals surface area contributed by atoms with Gasteiger partial charge in [0.15, 0.2) is 0 Å². The number of halogens is 2. The molecule has 2 aromatic rings. The van der Waals surface area contributed by atoms with Gasteiger partial charge in [-0.25, -0.2) is 20.2 Å². The van der Waals surface area contributed by atoms with Crippen LogP contribution in [0, 0.1) is 5.82 Å². The van der Waals surface area contributed by atoms with Crippen molar-refractivity contribution in [3.05, 3.63) is 40.9 Å². The predicted octanol–water partition coefficient (Wildman–Crippen LogP) is 2.46. The monoisotopic (exact) mass is 298 g/mol. The minimum atomic E-state index is -0.409. The number of hydrogen-bond donors (Lipinski definition) is 2. The number of anilines is 1. The van der Waals surface area contributed by atoms with Crippen molar-refractivity contribution < 1.29 is 9.13 Å². The zero-order valence-corrected chi connectivity index (χ0v) is 10.1. The first-order valence-corrected chi connectivity index (χ1v) is 5.40. The average Bonchev–Trinajstić information content (AvgIpc) is 2.34. The third-order valence-electron chi connectivity index (χ3n) is 1.90. The SMILES string of the molecule is NNc1cc(Oc2ccc(Br)c(F)c2)ncn1. The fourth-order valence-electron chi connectivity index (χ4n) is 1.14. The molecule has 0 fully saturated rings. The van der Waals surface area contributed by atoms with Crippen molar-refractivity contribution in [1.82, 2.24) is 9.97 Å². The van der Waals surface area contributed by atoms with Crippen LogP contribution in [0.4, 0.5) is 10.2 Å². The molecule has 1 heterocycles. The molecule has 1 aromatic carbocycles. The quantitative estimate of drug-likeness (QED) is 0.673. The van der Waals surface area contributed by atoms with E-state index in [-0.39, 0.29) is 5.88 Å². The van der Waals surface area contributed by atoms with Crippen LogP contribution in [0.3, 0.4) is 0 Å². The normalized spacial score (nSPS) is 10.1. The number of nitrogen functional groups attached to an aromatic ring is 1. The zero-order valence-electron chi connectivity index (χ0n) is 8.52. The average molecular weight is 299 g/mol. The summed E-state index contributed by atoms with van der Waals surface area (Å²) in [7, 11) is 0. The second-order valence-corrected chi connectivity index (χ2v) is 3.92. The first kappa shape index (κ1) is 11.7. The summed E-state index contributed by atoms with van der Waals surface area (Å²) in [4.78, 5) is 7.69. The first-order chi connectivity index (χ1) is 8.19. The van der Waals surface area contributed by atoms with Crippen molar-refractivity contribution in [2.45, 2.75) is 0 Å². The summed E-state index contributed by atoms with van der Waals surface area (Å²) in [6, 6.07) is 5.92. The maximum Gasteiger partial charge on any atom is 0.224 e. The number of ether oxygens (including phenoxy) is 1. The molecule has 0 saturated heterocycles. The summed E-state index contributed by atoms with van der Waals surface area (Å²) in [6.45, 7) is 0. The van der Waals surface area contributed by atoms with E-state index in [1.807, 2.05) is 0 Å². The lowest BCUT2D eigenvalue weighted by molar-refractivity contribution is 0.456. The molecule has 0 aliphatic rings. The molecule has 5 nitrogen and oxygen atoms in total. The Labute approximate surface area is 105 Å². The lowest BCUT2D eigenvalue weighted by atomic mass is 10.3. The Morgan fingerprint density at radius 3 is 2.82 bits per heavy atom. The third-order valence-corrected chi connectivity index (χ3v) is 2.55. The number of nitrogens with two attached hydrogens (primary N) is 1. The standard InChI is InChI=1S/C10H8BrFN4O/c11-7-2-1-6(3-8(7)12)17-10-4-9(16-13)14-5-15-10/h1-5H,13H2,(H,14,15,16). The first-order valence-electron chi connectivity index (χ1n) is 4.60. The summed E-state index contributed by atoms with van der Waals surface area (Å²) in [5, 5.41) is 0. The molecule has 3 N–H and O–H groups in total. The Kier molecular flexibility index (Phi) is 3.50. The van der Waals surface area contributed by atoms with Crippen LogP contribution in [0.5, 0.6) is 11.6 Å². The van der Waals surface area contributed by atoms with E-state index in [4.69, 9.17) is 10.6 Å². The van der Waals surface area contributed by atoms with E-state index in [9.17, 15) is 4.39 Å². The van der Waals surface area contributed by atoms with Crippen LogP contribution in [-0.4, -0.2) is 9.97 Å². The third kappa shape index (κ3) is 2.89. The molecular formula is C10H8BrFN4O. The summed E-state index contributed by atoms with van der Waals surface area (Å²) in [5.74, 6) is 5.81. The van der Waals surface area contributed by atoms with E-state index in [0.717, 1.165) is 0 Å². The molecule has 0 spiro atoms. The van der Waals surface area contributed by atoms with Crippen molar-refractivity contribution in [2.75, 3.05) is 5.43 Å². The fraction of sp³-hybridized carbons (Fsp3) is 0. The zero-order chi connectivity index (χ0) is 12.3. The van der Waals surface area contributed by atoms with E-state index in [1.54, 1.807) is 12.1 Å². The number of rotatable bonds is 3. The van der Waals surface area contributed by atoms with Gasteiger partial charge in [-0.3, -0.25) is 0 Å². The van der Waals surface area contributed by atoms with Gasteiger partial charge in [0.25, 0.3) is 0 Å². The van der Waals surface area contributed by atoms with Crippen LogP contribution >= 0.6 is 15.9 Å². The van der Waals surface area contributed by atoms with Crippen LogP contribution in [0.1, 0.15) is 0 Å². The molecular weight excluding hydrogens is 291 g/mol. The highest BCUT2D eigenvalue weighted by Crippen LogP contribution is 2.25. The number of hydrazine groups is 1. The van der Waals surface area contributed by atoms with E-state index >= 15 is 0 Å². The molecule has 88 valence electrons. The largest absolute Gasteiger partial charge is 0.439 e. The fourth-order valence-corrected chi connectivity index (χ4v) is 1.38. The van der Waals surface area contributed by atoms with Gasteiger partial charge < -0.3 is 10.2 Å². The Morgan fingerprint density at radius 1 is 1.29 bits per heavy atom. The Hall–Kier alpha value is -1.73. The number of benzene rings is 1. The Bertz CT molecular complexity index is 537. The Balaban J connectivity index is 2.22. The molecule has 17 heavy (non-hydrogen) atoms. The van der Waals surface area contributed by atoms with Gasteiger partial charge >= 0.3 is 0 Å². The van der Waals surface area contributed by atoms with Gasteiger partial charge in [-0.2, -0.15) is 0 Å². The number of hydrogen-bond acceptors (Lipinski definition) is 5. The lowest BCUT2D eigenvalue weighted by Gasteiger charge is -2.06. The van der Waals surface area contributed by atoms with E-state index in [0.29, 0.717) is 16.0 Å². The van der Waals surface area contributed by atoms with Crippen LogP contribution in [-0.2, 0) is 0 Å². The summed E-state index contributed by atoms with van der Waals surface area (Å²) >= 11 is 3.05. The molecule has 0 aliphatic carbocycles. The molecule has 0 unspecified atom stereocenters. The molecule has 2 rings (SSSR count). The highest BCUT2D eigenvalue weighted by atomic mass is 79.9. The number of nitrogens with one attached hydrogen (secondary N) is 1. The smallest absolute Gasteiger partial charge is 0.224 e. The number of aromatic nitrogens is 2. The van der Waals surface area contributed by atoms with Crippen LogP contribution in [0.2, 0.25) is 0 Å². The van der Waals surface area contributed by atoms with Gasteiger partial charge in [0.1, 0.15) is 23.7 Å². The van der Waals surface area contributed by atoms with E-state index in [1.165, 1.54) is 18.5 Å². The summed E-state index contributed by atoms with van der Waals surface area (Å²) in [5.41, 5.74) is 2.36. The van der Waals surface area contributed by atoms with Crippen molar-refractivity contribution in [3.63, 3.8) is 0 Å². The molecule has 0 amide bonds. The van der Waals surface area contributed by atoms with Crippen molar-refractivity contribution in [2.24, 2.45) is 5.84 Å². The van der Waals surface area contributed by atoms with Gasteiger partial charge in [0.2, 0.25) is 5.88 Å². The topological polar surface area (TPSA) is 73.1 Å². The van der Waals surface area contributed by atoms with Crippen LogP contribution in [0.25, 0.3) is 0 Å². The van der Waals surface area contributed by atoms with Gasteiger partial charge in [0.05, 0.1) is 4.47 Å². The minimum absolute atomic E-state index is 0.273. The molecule has 0 aliphatic heterocycles. The van der Waals surface area contributed by atoms with Crippen LogP contribution < -0.4 is 16.0 Å². The van der Waals surface area contributed by atoms with Crippen molar-refractivity contribution >= 4 is 21.7 Å². The van der Waals surface area contributed by atoms with Gasteiger partial charge in [-0.05, 0) is 28.1 Å². The summed E-state index contributed by atoms with van der Waals surface area (Å²) in [6.07, 6.45) is 1.29. The summed E-state index contributed by atoms with van der Waals surface area (Å²) < 4.78 is 19.0. The Morgan fingerprint density at radius 2 is 2.12 bits per heavy atom. The van der Waals surface area contributed by atoms with Crippen molar-refractivity contribution in [3.8, 4) is 11.6 Å². The molecule has 0 atom stereocenters. The van der Waals surface area contributed by atoms with Gasteiger partial charge in [-0.1, -0.05) is 0 Å². The maximum absolute atomic E-state index is 13.2. The second kappa shape index (κ2) is 5.07. The highest BCUT2D eigenvalue weighted by molar-refractivity contribution is 9.10. The predicted molar refractivity (Wildman–Crippen MR) is 64.0 cm³/mol. The van der Waals surface area contributed by atoms with E-state index < -0.39 is 5.82 Å².